The number of nitrogens with zero attached hydrogens (tertiary/aromatic N) is 2. The molecule has 98 valence electrons. The Hall–Kier alpha value is -1.43. The highest BCUT2D eigenvalue weighted by Crippen LogP contribution is 2.27. The summed E-state index contributed by atoms with van der Waals surface area (Å²) in [5, 5.41) is 10.6. The van der Waals surface area contributed by atoms with Gasteiger partial charge in [-0.3, -0.25) is 9.56 Å². The molecular weight excluding hydrogens is 300 g/mol. The summed E-state index contributed by atoms with van der Waals surface area (Å²) in [5.74, 6) is 0.103. The predicted octanol–water partition coefficient (Wildman–Crippen LogP) is 4.57. The number of thiazole rings is 1. The first-order valence-electron chi connectivity index (χ1n) is 5.45. The van der Waals surface area contributed by atoms with Gasteiger partial charge in [-0.1, -0.05) is 41.1 Å². The number of hydrogen-bond donors (Lipinski definition) is 1. The molecule has 0 saturated heterocycles. The van der Waals surface area contributed by atoms with Crippen LogP contribution in [0.2, 0.25) is 5.02 Å². The molecule has 0 unspecified atom stereocenters. The van der Waals surface area contributed by atoms with Gasteiger partial charge in [0.15, 0.2) is 3.95 Å². The Labute approximate surface area is 125 Å². The lowest BCUT2D eigenvalue weighted by molar-refractivity contribution is 0.424. The van der Waals surface area contributed by atoms with Gasteiger partial charge in [-0.25, -0.2) is 0 Å². The maximum Gasteiger partial charge on any atom is 0.212 e. The quantitative estimate of drug-likeness (QED) is 0.510. The Morgan fingerprint density at radius 3 is 2.89 bits per heavy atom. The summed E-state index contributed by atoms with van der Waals surface area (Å²) in [6.45, 7) is 4.10. The highest BCUT2D eigenvalue weighted by Gasteiger charge is 2.08. The molecule has 0 bridgehead atoms. The topological polar surface area (TPSA) is 37.5 Å². The average Bonchev–Trinajstić information content (AvgIpc) is 2.66. The molecule has 1 aromatic carbocycles. The highest BCUT2D eigenvalue weighted by atomic mass is 35.5. The van der Waals surface area contributed by atoms with Gasteiger partial charge in [-0.05, 0) is 24.4 Å². The molecule has 0 radical (unpaired) electrons. The molecule has 0 spiro atoms. The minimum atomic E-state index is 0.103. The van der Waals surface area contributed by atoms with Crippen molar-refractivity contribution < 1.29 is 5.11 Å². The van der Waals surface area contributed by atoms with Crippen molar-refractivity contribution >= 4 is 47.1 Å². The number of aromatic hydroxyl groups is 1. The van der Waals surface area contributed by atoms with Crippen LogP contribution in [0.5, 0.6) is 5.88 Å². The highest BCUT2D eigenvalue weighted by molar-refractivity contribution is 7.73. The third kappa shape index (κ3) is 3.12. The number of benzene rings is 1. The maximum atomic E-state index is 10.0. The summed E-state index contributed by atoms with van der Waals surface area (Å²) in [7, 11) is 0. The molecular formula is C13H11ClN2OS2. The lowest BCUT2D eigenvalue weighted by atomic mass is 10.3. The second-order valence-corrected chi connectivity index (χ2v) is 5.75. The first-order chi connectivity index (χ1) is 9.13. The largest absolute Gasteiger partial charge is 0.493 e. The van der Waals surface area contributed by atoms with E-state index in [1.165, 1.54) is 11.3 Å². The maximum absolute atomic E-state index is 10.0. The third-order valence-corrected chi connectivity index (χ3v) is 4.07. The summed E-state index contributed by atoms with van der Waals surface area (Å²) < 4.78 is 2.18. The van der Waals surface area contributed by atoms with Crippen LogP contribution < -0.4 is 0 Å². The zero-order valence-electron chi connectivity index (χ0n) is 9.91. The summed E-state index contributed by atoms with van der Waals surface area (Å²) in [4.78, 5) is 4.86. The van der Waals surface area contributed by atoms with E-state index in [9.17, 15) is 5.11 Å². The fourth-order valence-corrected chi connectivity index (χ4v) is 2.85. The van der Waals surface area contributed by atoms with Crippen molar-refractivity contribution in [3.8, 4) is 5.88 Å². The van der Waals surface area contributed by atoms with Crippen molar-refractivity contribution in [2.45, 2.75) is 6.54 Å². The summed E-state index contributed by atoms with van der Waals surface area (Å²) in [6, 6.07) is 7.25. The number of hydrogen-bond acceptors (Lipinski definition) is 4. The average molecular weight is 311 g/mol. The molecule has 0 saturated carbocycles. The van der Waals surface area contributed by atoms with Crippen molar-refractivity contribution in [3.05, 3.63) is 50.8 Å². The van der Waals surface area contributed by atoms with Gasteiger partial charge in [0, 0.05) is 6.54 Å². The van der Waals surface area contributed by atoms with Crippen molar-refractivity contribution in [1.82, 2.24) is 4.57 Å². The van der Waals surface area contributed by atoms with Gasteiger partial charge in [0.1, 0.15) is 4.88 Å². The molecule has 2 rings (SSSR count). The van der Waals surface area contributed by atoms with Crippen molar-refractivity contribution in [2.75, 3.05) is 0 Å². The van der Waals surface area contributed by atoms with E-state index in [1.807, 2.05) is 12.1 Å². The van der Waals surface area contributed by atoms with E-state index in [0.29, 0.717) is 26.1 Å². The van der Waals surface area contributed by atoms with Gasteiger partial charge in [0.2, 0.25) is 5.88 Å². The SMILES string of the molecule is C=CCn1c(O)c(C=Nc2ccccc2Cl)sc1=S. The van der Waals surface area contributed by atoms with E-state index >= 15 is 0 Å². The molecule has 6 heteroatoms. The van der Waals surface area contributed by atoms with Gasteiger partial charge < -0.3 is 5.11 Å². The third-order valence-electron chi connectivity index (χ3n) is 2.38. The molecule has 0 aliphatic heterocycles. The molecule has 0 aliphatic carbocycles. The minimum absolute atomic E-state index is 0.103. The second kappa shape index (κ2) is 6.14. The molecule has 0 fully saturated rings. The minimum Gasteiger partial charge on any atom is -0.493 e. The molecule has 0 amide bonds. The van der Waals surface area contributed by atoms with Gasteiger partial charge >= 0.3 is 0 Å². The fraction of sp³-hybridized carbons (Fsp3) is 0.0769. The van der Waals surface area contributed by atoms with Crippen LogP contribution in [0.1, 0.15) is 4.88 Å². The number of aliphatic imine (C=N–C) groups is 1. The van der Waals surface area contributed by atoms with E-state index in [4.69, 9.17) is 23.8 Å². The van der Waals surface area contributed by atoms with Crippen LogP contribution in [0.3, 0.4) is 0 Å². The van der Waals surface area contributed by atoms with Gasteiger partial charge in [-0.15, -0.1) is 6.58 Å². The molecule has 0 atom stereocenters. The van der Waals surface area contributed by atoms with Crippen molar-refractivity contribution in [1.29, 1.82) is 0 Å². The smallest absolute Gasteiger partial charge is 0.212 e. The molecule has 3 nitrogen and oxygen atoms in total. The summed E-state index contributed by atoms with van der Waals surface area (Å²) in [5.41, 5.74) is 0.651. The summed E-state index contributed by atoms with van der Waals surface area (Å²) >= 11 is 12.5. The lowest BCUT2D eigenvalue weighted by Gasteiger charge is -1.99. The number of allylic oxidation sites excluding steroid dienone is 1. The van der Waals surface area contributed by atoms with Gasteiger partial charge in [0.25, 0.3) is 0 Å². The molecule has 1 aromatic heterocycles. The first-order valence-corrected chi connectivity index (χ1v) is 7.06. The number of halogens is 1. The Bertz CT molecular complexity index is 688. The predicted molar refractivity (Wildman–Crippen MR) is 83.7 cm³/mol. The van der Waals surface area contributed by atoms with Crippen LogP contribution in [0.25, 0.3) is 0 Å². The van der Waals surface area contributed by atoms with E-state index in [1.54, 1.807) is 29.0 Å². The molecule has 0 aliphatic rings. The second-order valence-electron chi connectivity index (χ2n) is 3.66. The van der Waals surface area contributed by atoms with E-state index < -0.39 is 0 Å². The van der Waals surface area contributed by atoms with Crippen LogP contribution in [0.15, 0.2) is 41.9 Å². The van der Waals surface area contributed by atoms with Crippen LogP contribution >= 0.6 is 35.2 Å². The number of para-hydroxylation sites is 1. The van der Waals surface area contributed by atoms with Crippen molar-refractivity contribution in [2.24, 2.45) is 4.99 Å². The van der Waals surface area contributed by atoms with Crippen LogP contribution in [0, 0.1) is 3.95 Å². The van der Waals surface area contributed by atoms with Crippen LogP contribution in [0.4, 0.5) is 5.69 Å². The fourth-order valence-electron chi connectivity index (χ4n) is 1.47. The molecule has 2 aromatic rings. The zero-order chi connectivity index (χ0) is 13.8. The van der Waals surface area contributed by atoms with Crippen LogP contribution in [-0.2, 0) is 6.54 Å². The van der Waals surface area contributed by atoms with E-state index in [0.717, 1.165) is 0 Å². The monoisotopic (exact) mass is 310 g/mol. The Morgan fingerprint density at radius 2 is 2.21 bits per heavy atom. The van der Waals surface area contributed by atoms with Crippen molar-refractivity contribution in [3.63, 3.8) is 0 Å². The van der Waals surface area contributed by atoms with E-state index in [2.05, 4.69) is 11.6 Å². The Morgan fingerprint density at radius 1 is 1.47 bits per heavy atom. The normalized spacial score (nSPS) is 11.0. The Balaban J connectivity index is 2.34. The van der Waals surface area contributed by atoms with Gasteiger partial charge in [-0.2, -0.15) is 0 Å². The molecule has 1 N–H and O–H groups in total. The first kappa shape index (κ1) is 14.0. The van der Waals surface area contributed by atoms with Gasteiger partial charge in [0.05, 0.1) is 16.9 Å². The van der Waals surface area contributed by atoms with E-state index in [-0.39, 0.29) is 5.88 Å². The van der Waals surface area contributed by atoms with Crippen LogP contribution in [-0.4, -0.2) is 15.9 Å². The Kier molecular flexibility index (Phi) is 4.52. The lowest BCUT2D eigenvalue weighted by Crippen LogP contribution is -1.93. The zero-order valence-corrected chi connectivity index (χ0v) is 12.3. The summed E-state index contributed by atoms with van der Waals surface area (Å²) in [6.07, 6.45) is 3.24. The number of aromatic nitrogens is 1. The molecule has 1 heterocycles. The molecule has 19 heavy (non-hydrogen) atoms. The standard InChI is InChI=1S/C13H11ClN2OS2/c1-2-7-16-12(17)11(19-13(16)18)8-15-10-6-4-3-5-9(10)14/h2-6,8,17H,1,7H2. The number of rotatable bonds is 4.